The third-order valence-electron chi connectivity index (χ3n) is 1.42. The summed E-state index contributed by atoms with van der Waals surface area (Å²) in [5, 5.41) is 8.58. The van der Waals surface area contributed by atoms with Gasteiger partial charge in [-0.2, -0.15) is 13.2 Å². The molecule has 0 aliphatic heterocycles. The van der Waals surface area contributed by atoms with Crippen molar-refractivity contribution in [3.05, 3.63) is 23.5 Å². The van der Waals surface area contributed by atoms with Gasteiger partial charge in [-0.1, -0.05) is 0 Å². The summed E-state index contributed by atoms with van der Waals surface area (Å²) >= 11 is 0. The van der Waals surface area contributed by atoms with Gasteiger partial charge in [0.15, 0.2) is 5.69 Å². The lowest BCUT2D eigenvalue weighted by Crippen LogP contribution is -2.12. The quantitative estimate of drug-likeness (QED) is 0.702. The van der Waals surface area contributed by atoms with E-state index in [0.717, 1.165) is 12.3 Å². The second kappa shape index (κ2) is 3.21. The average Bonchev–Trinajstić information content (AvgIpc) is 2.01. The van der Waals surface area contributed by atoms with E-state index in [1.807, 2.05) is 0 Å². The Hall–Kier alpha value is -1.30. The van der Waals surface area contributed by atoms with Crippen LogP contribution in [0.1, 0.15) is 11.3 Å². The number of nitrogens with two attached hydrogens (primary N) is 1. The van der Waals surface area contributed by atoms with Crippen molar-refractivity contribution in [2.24, 2.45) is 0 Å². The first-order chi connectivity index (χ1) is 5.95. The van der Waals surface area contributed by atoms with Gasteiger partial charge >= 0.3 is 6.18 Å². The summed E-state index contributed by atoms with van der Waals surface area (Å²) in [4.78, 5) is 3.11. The van der Waals surface area contributed by atoms with E-state index >= 15 is 0 Å². The molecule has 3 nitrogen and oxygen atoms in total. The van der Waals surface area contributed by atoms with Crippen molar-refractivity contribution < 1.29 is 18.3 Å². The van der Waals surface area contributed by atoms with Crippen LogP contribution >= 0.6 is 0 Å². The van der Waals surface area contributed by atoms with Crippen LogP contribution < -0.4 is 5.73 Å². The largest absolute Gasteiger partial charge is 0.435 e. The number of alkyl halides is 3. The Labute approximate surface area is 72.0 Å². The number of aromatic nitrogens is 1. The third-order valence-corrected chi connectivity index (χ3v) is 1.42. The van der Waals surface area contributed by atoms with E-state index < -0.39 is 17.6 Å². The average molecular weight is 192 g/mol. The van der Waals surface area contributed by atoms with Gasteiger partial charge in [0.2, 0.25) is 0 Å². The van der Waals surface area contributed by atoms with Gasteiger partial charge < -0.3 is 10.8 Å². The number of aliphatic hydroxyl groups is 1. The number of pyridine rings is 1. The molecule has 0 atom stereocenters. The maximum atomic E-state index is 12.1. The molecule has 1 rings (SSSR count). The molecule has 0 amide bonds. The van der Waals surface area contributed by atoms with Crippen LogP contribution in [0, 0.1) is 0 Å². The molecule has 6 heteroatoms. The van der Waals surface area contributed by atoms with Crippen molar-refractivity contribution in [1.82, 2.24) is 4.98 Å². The minimum atomic E-state index is -4.54. The topological polar surface area (TPSA) is 59.1 Å². The van der Waals surface area contributed by atoms with E-state index in [0.29, 0.717) is 0 Å². The highest BCUT2D eigenvalue weighted by molar-refractivity contribution is 5.46. The highest BCUT2D eigenvalue weighted by atomic mass is 19.4. The van der Waals surface area contributed by atoms with E-state index in [2.05, 4.69) is 4.98 Å². The van der Waals surface area contributed by atoms with Crippen LogP contribution in [0.3, 0.4) is 0 Å². The molecule has 1 heterocycles. The zero-order chi connectivity index (χ0) is 10.1. The summed E-state index contributed by atoms with van der Waals surface area (Å²) in [5.74, 6) is 0. The molecule has 72 valence electrons. The monoisotopic (exact) mass is 192 g/mol. The van der Waals surface area contributed by atoms with Crippen LogP contribution in [0.15, 0.2) is 12.3 Å². The number of hydrogen-bond acceptors (Lipinski definition) is 3. The molecular weight excluding hydrogens is 185 g/mol. The molecule has 0 fully saturated rings. The Morgan fingerprint density at radius 2 is 2.08 bits per heavy atom. The fourth-order valence-electron chi connectivity index (χ4n) is 0.851. The van der Waals surface area contributed by atoms with E-state index in [-0.39, 0.29) is 12.2 Å². The zero-order valence-electron chi connectivity index (χ0n) is 6.47. The van der Waals surface area contributed by atoms with Gasteiger partial charge in [-0.25, -0.2) is 4.98 Å². The van der Waals surface area contributed by atoms with Crippen molar-refractivity contribution in [3.63, 3.8) is 0 Å². The molecule has 3 N–H and O–H groups in total. The van der Waals surface area contributed by atoms with Crippen molar-refractivity contribution in [2.75, 3.05) is 5.73 Å². The molecule has 0 aromatic carbocycles. The molecule has 0 radical (unpaired) electrons. The number of hydrogen-bond donors (Lipinski definition) is 2. The van der Waals surface area contributed by atoms with Crippen LogP contribution in [-0.2, 0) is 12.8 Å². The van der Waals surface area contributed by atoms with Gasteiger partial charge in [-0.05, 0) is 11.6 Å². The summed E-state index contributed by atoms with van der Waals surface area (Å²) in [5.41, 5.74) is 3.75. The second-order valence-electron chi connectivity index (χ2n) is 2.44. The summed E-state index contributed by atoms with van der Waals surface area (Å²) in [6, 6.07) is 1.05. The minimum Gasteiger partial charge on any atom is -0.397 e. The normalized spacial score (nSPS) is 11.7. The fourth-order valence-corrected chi connectivity index (χ4v) is 0.851. The van der Waals surface area contributed by atoms with Gasteiger partial charge in [0.1, 0.15) is 0 Å². The highest BCUT2D eigenvalue weighted by Gasteiger charge is 2.34. The molecule has 0 bridgehead atoms. The lowest BCUT2D eigenvalue weighted by Gasteiger charge is -2.08. The molecule has 0 saturated carbocycles. The van der Waals surface area contributed by atoms with Crippen molar-refractivity contribution >= 4 is 5.69 Å². The fraction of sp³-hybridized carbons (Fsp3) is 0.286. The van der Waals surface area contributed by atoms with Gasteiger partial charge in [-0.15, -0.1) is 0 Å². The van der Waals surface area contributed by atoms with E-state index in [9.17, 15) is 13.2 Å². The van der Waals surface area contributed by atoms with Crippen LogP contribution in [0.4, 0.5) is 18.9 Å². The molecule has 0 unspecified atom stereocenters. The lowest BCUT2D eigenvalue weighted by atomic mass is 10.2. The van der Waals surface area contributed by atoms with Crippen molar-refractivity contribution in [1.29, 1.82) is 0 Å². The molecule has 0 aliphatic carbocycles. The Morgan fingerprint density at radius 1 is 1.46 bits per heavy atom. The predicted octanol–water partition coefficient (Wildman–Crippen LogP) is 1.17. The Morgan fingerprint density at radius 3 is 2.46 bits per heavy atom. The van der Waals surface area contributed by atoms with Crippen LogP contribution in [0.5, 0.6) is 0 Å². The summed E-state index contributed by atoms with van der Waals surface area (Å²) < 4.78 is 36.2. The van der Waals surface area contributed by atoms with Crippen LogP contribution in [-0.4, -0.2) is 10.1 Å². The Balaban J connectivity index is 3.13. The van der Waals surface area contributed by atoms with Crippen molar-refractivity contribution in [3.8, 4) is 0 Å². The summed E-state index contributed by atoms with van der Waals surface area (Å²) in [6.07, 6.45) is -3.60. The van der Waals surface area contributed by atoms with Crippen LogP contribution in [0.2, 0.25) is 0 Å². The smallest absolute Gasteiger partial charge is 0.397 e. The molecule has 0 aliphatic rings. The van der Waals surface area contributed by atoms with Crippen LogP contribution in [0.25, 0.3) is 0 Å². The van der Waals surface area contributed by atoms with Crippen molar-refractivity contribution in [2.45, 2.75) is 12.8 Å². The van der Waals surface area contributed by atoms with E-state index in [4.69, 9.17) is 10.8 Å². The number of aliphatic hydroxyl groups excluding tert-OH is 1. The maximum Gasteiger partial charge on any atom is 0.435 e. The number of halogens is 3. The maximum absolute atomic E-state index is 12.1. The molecule has 0 spiro atoms. The van der Waals surface area contributed by atoms with E-state index in [1.165, 1.54) is 0 Å². The molecule has 1 aromatic rings. The Bertz CT molecular complexity index is 311. The standard InChI is InChI=1S/C7H7F3N2O/c8-7(9,10)6-5(11)1-4(3-13)2-12-6/h1-2,13H,3,11H2. The first kappa shape index (κ1) is 9.79. The SMILES string of the molecule is Nc1cc(CO)cnc1C(F)(F)F. The van der Waals surface area contributed by atoms with Gasteiger partial charge in [-0.3, -0.25) is 0 Å². The first-order valence-corrected chi connectivity index (χ1v) is 3.37. The summed E-state index contributed by atoms with van der Waals surface area (Å²) in [7, 11) is 0. The molecule has 0 saturated heterocycles. The second-order valence-corrected chi connectivity index (χ2v) is 2.44. The zero-order valence-corrected chi connectivity index (χ0v) is 6.47. The molecule has 1 aromatic heterocycles. The predicted molar refractivity (Wildman–Crippen MR) is 39.6 cm³/mol. The number of anilines is 1. The lowest BCUT2D eigenvalue weighted by molar-refractivity contribution is -0.140. The van der Waals surface area contributed by atoms with Gasteiger partial charge in [0.05, 0.1) is 12.3 Å². The first-order valence-electron chi connectivity index (χ1n) is 3.37. The molecule has 13 heavy (non-hydrogen) atoms. The minimum absolute atomic E-state index is 0.255. The number of rotatable bonds is 1. The number of nitrogen functional groups attached to an aromatic ring is 1. The number of nitrogens with zero attached hydrogens (tertiary/aromatic N) is 1. The third kappa shape index (κ3) is 2.09. The highest BCUT2D eigenvalue weighted by Crippen LogP contribution is 2.31. The van der Waals surface area contributed by atoms with Gasteiger partial charge in [0.25, 0.3) is 0 Å². The van der Waals surface area contributed by atoms with Gasteiger partial charge in [0, 0.05) is 6.20 Å². The van der Waals surface area contributed by atoms with E-state index in [1.54, 1.807) is 0 Å². The molecular formula is C7H7F3N2O. The Kier molecular flexibility index (Phi) is 2.42. The summed E-state index contributed by atoms with van der Waals surface area (Å²) in [6.45, 7) is -0.380.